The number of aliphatic carboxylic acids is 1. The number of hydrogen-bond acceptors (Lipinski definition) is 4. The lowest BCUT2D eigenvalue weighted by molar-refractivity contribution is -0.129. The summed E-state index contributed by atoms with van der Waals surface area (Å²) in [6, 6.07) is 7.83. The Bertz CT molecular complexity index is 626. The number of carbonyl (C=O) groups excluding carboxylic acids is 1. The summed E-state index contributed by atoms with van der Waals surface area (Å²) in [4.78, 5) is 30.3. The van der Waals surface area contributed by atoms with Gasteiger partial charge in [-0.15, -0.1) is 0 Å². The summed E-state index contributed by atoms with van der Waals surface area (Å²) in [5.74, 6) is -1.37. The molecule has 2 atom stereocenters. The molecule has 0 radical (unpaired) electrons. The summed E-state index contributed by atoms with van der Waals surface area (Å²) in [5.41, 5.74) is 1.90. The van der Waals surface area contributed by atoms with Crippen LogP contribution in [0.5, 0.6) is 0 Å². The second kappa shape index (κ2) is 5.20. The standard InChI is InChI=1S/C15H16N2O4/c1-9-6-7-10-4-2-3-5-12(10)17(9)14(18)13-8-11(15(19)20)16-21-13/h2-5,9,13H,6-8H2,1H3,(H,19,20). The smallest absolute Gasteiger partial charge is 0.353 e. The van der Waals surface area contributed by atoms with E-state index in [0.29, 0.717) is 0 Å². The second-order valence-corrected chi connectivity index (χ2v) is 5.37. The van der Waals surface area contributed by atoms with Crippen LogP contribution in [0.3, 0.4) is 0 Å². The van der Waals surface area contributed by atoms with E-state index in [4.69, 9.17) is 9.94 Å². The van der Waals surface area contributed by atoms with Crippen LogP contribution in [0, 0.1) is 0 Å². The van der Waals surface area contributed by atoms with Crippen molar-refractivity contribution in [2.24, 2.45) is 5.16 Å². The van der Waals surface area contributed by atoms with E-state index in [-0.39, 0.29) is 24.1 Å². The summed E-state index contributed by atoms with van der Waals surface area (Å²) in [6.45, 7) is 1.99. The van der Waals surface area contributed by atoms with Gasteiger partial charge in [-0.1, -0.05) is 23.4 Å². The normalized spacial score (nSPS) is 24.0. The predicted molar refractivity (Wildman–Crippen MR) is 76.3 cm³/mol. The van der Waals surface area contributed by atoms with E-state index in [2.05, 4.69) is 5.16 Å². The first-order valence-electron chi connectivity index (χ1n) is 6.95. The zero-order valence-electron chi connectivity index (χ0n) is 11.7. The van der Waals surface area contributed by atoms with Crippen LogP contribution >= 0.6 is 0 Å². The van der Waals surface area contributed by atoms with Gasteiger partial charge in [0.05, 0.1) is 0 Å². The third kappa shape index (κ3) is 2.37. The number of rotatable bonds is 2. The molecule has 0 bridgehead atoms. The van der Waals surface area contributed by atoms with Crippen LogP contribution in [0.15, 0.2) is 29.4 Å². The van der Waals surface area contributed by atoms with E-state index in [1.807, 2.05) is 31.2 Å². The van der Waals surface area contributed by atoms with E-state index in [9.17, 15) is 9.59 Å². The number of hydrogen-bond donors (Lipinski definition) is 1. The Hall–Kier alpha value is -2.37. The van der Waals surface area contributed by atoms with Crippen molar-refractivity contribution in [3.05, 3.63) is 29.8 Å². The van der Waals surface area contributed by atoms with Crippen molar-refractivity contribution in [2.45, 2.75) is 38.3 Å². The van der Waals surface area contributed by atoms with Crippen molar-refractivity contribution in [3.8, 4) is 0 Å². The van der Waals surface area contributed by atoms with E-state index in [1.165, 1.54) is 0 Å². The van der Waals surface area contributed by atoms with E-state index in [0.717, 1.165) is 24.1 Å². The number of nitrogens with zero attached hydrogens (tertiary/aromatic N) is 2. The zero-order chi connectivity index (χ0) is 15.0. The van der Waals surface area contributed by atoms with Gasteiger partial charge in [-0.3, -0.25) is 4.79 Å². The van der Waals surface area contributed by atoms with Crippen molar-refractivity contribution in [2.75, 3.05) is 4.90 Å². The Morgan fingerprint density at radius 1 is 1.38 bits per heavy atom. The lowest BCUT2D eigenvalue weighted by atomic mass is 9.95. The van der Waals surface area contributed by atoms with Crippen molar-refractivity contribution in [1.29, 1.82) is 0 Å². The third-order valence-electron chi connectivity index (χ3n) is 3.95. The van der Waals surface area contributed by atoms with Crippen LogP contribution in [-0.2, 0) is 20.8 Å². The van der Waals surface area contributed by atoms with E-state index in [1.54, 1.807) is 4.90 Å². The number of amides is 1. The van der Waals surface area contributed by atoms with Crippen LogP contribution in [0.2, 0.25) is 0 Å². The SMILES string of the molecule is CC1CCc2ccccc2N1C(=O)C1CC(C(=O)O)=NO1. The highest BCUT2D eigenvalue weighted by Crippen LogP contribution is 2.32. The number of carbonyl (C=O) groups is 2. The van der Waals surface area contributed by atoms with Crippen LogP contribution in [-0.4, -0.2) is 34.8 Å². The Kier molecular flexibility index (Phi) is 3.37. The van der Waals surface area contributed by atoms with Gasteiger partial charge >= 0.3 is 5.97 Å². The molecule has 2 unspecified atom stereocenters. The highest BCUT2D eigenvalue weighted by atomic mass is 16.6. The fraction of sp³-hybridized carbons (Fsp3) is 0.400. The van der Waals surface area contributed by atoms with E-state index < -0.39 is 12.1 Å². The molecule has 6 heteroatoms. The fourth-order valence-corrected chi connectivity index (χ4v) is 2.82. The number of carboxylic acids is 1. The quantitative estimate of drug-likeness (QED) is 0.896. The number of carboxylic acid groups (broad SMARTS) is 1. The number of anilines is 1. The van der Waals surface area contributed by atoms with Crippen LogP contribution in [0.1, 0.15) is 25.3 Å². The predicted octanol–water partition coefficient (Wildman–Crippen LogP) is 1.58. The van der Waals surface area contributed by atoms with Crippen molar-refractivity contribution in [1.82, 2.24) is 0 Å². The molecular weight excluding hydrogens is 272 g/mol. The molecule has 0 saturated heterocycles. The van der Waals surface area contributed by atoms with Gasteiger partial charge in [-0.25, -0.2) is 4.79 Å². The Labute approximate surface area is 122 Å². The summed E-state index contributed by atoms with van der Waals surface area (Å²) in [5, 5.41) is 12.4. The summed E-state index contributed by atoms with van der Waals surface area (Å²) < 4.78 is 0. The fourth-order valence-electron chi connectivity index (χ4n) is 2.82. The molecule has 0 aliphatic carbocycles. The molecule has 0 saturated carbocycles. The van der Waals surface area contributed by atoms with Gasteiger partial charge in [0, 0.05) is 18.2 Å². The third-order valence-corrected chi connectivity index (χ3v) is 3.95. The van der Waals surface area contributed by atoms with Gasteiger partial charge in [-0.05, 0) is 31.4 Å². The summed E-state index contributed by atoms with van der Waals surface area (Å²) in [7, 11) is 0. The average molecular weight is 288 g/mol. The van der Waals surface area contributed by atoms with Gasteiger partial charge in [0.1, 0.15) is 0 Å². The van der Waals surface area contributed by atoms with Crippen molar-refractivity contribution in [3.63, 3.8) is 0 Å². The Morgan fingerprint density at radius 3 is 2.86 bits per heavy atom. The average Bonchev–Trinajstić information content (AvgIpc) is 2.96. The molecule has 0 spiro atoms. The van der Waals surface area contributed by atoms with Gasteiger partial charge in [-0.2, -0.15) is 0 Å². The summed E-state index contributed by atoms with van der Waals surface area (Å²) >= 11 is 0. The van der Waals surface area contributed by atoms with Gasteiger partial charge < -0.3 is 14.8 Å². The first-order chi connectivity index (χ1) is 10.1. The molecule has 1 amide bonds. The topological polar surface area (TPSA) is 79.2 Å². The van der Waals surface area contributed by atoms with E-state index >= 15 is 0 Å². The van der Waals surface area contributed by atoms with Gasteiger partial charge in [0.15, 0.2) is 5.71 Å². The zero-order valence-corrected chi connectivity index (χ0v) is 11.7. The first-order valence-corrected chi connectivity index (χ1v) is 6.95. The number of aryl methyl sites for hydroxylation is 1. The minimum Gasteiger partial charge on any atom is -0.477 e. The molecule has 0 fully saturated rings. The minimum absolute atomic E-state index is 0.0134. The molecule has 2 aliphatic heterocycles. The molecule has 1 aromatic carbocycles. The lowest BCUT2D eigenvalue weighted by Crippen LogP contribution is -2.47. The maximum absolute atomic E-state index is 12.7. The maximum atomic E-state index is 12.7. The van der Waals surface area contributed by atoms with Crippen LogP contribution < -0.4 is 4.90 Å². The largest absolute Gasteiger partial charge is 0.477 e. The maximum Gasteiger partial charge on any atom is 0.353 e. The second-order valence-electron chi connectivity index (χ2n) is 5.37. The number of oxime groups is 1. The molecule has 21 heavy (non-hydrogen) atoms. The van der Waals surface area contributed by atoms with Crippen molar-refractivity contribution >= 4 is 23.3 Å². The highest BCUT2D eigenvalue weighted by Gasteiger charge is 2.38. The number of benzene rings is 1. The molecule has 2 aliphatic rings. The molecule has 6 nitrogen and oxygen atoms in total. The first kappa shape index (κ1) is 13.6. The van der Waals surface area contributed by atoms with Gasteiger partial charge in [0.2, 0.25) is 6.10 Å². The van der Waals surface area contributed by atoms with Crippen LogP contribution in [0.25, 0.3) is 0 Å². The molecular formula is C15H16N2O4. The Morgan fingerprint density at radius 2 is 2.14 bits per heavy atom. The number of para-hydroxylation sites is 1. The monoisotopic (exact) mass is 288 g/mol. The summed E-state index contributed by atoms with van der Waals surface area (Å²) in [6.07, 6.45) is 0.982. The van der Waals surface area contributed by atoms with Crippen LogP contribution in [0.4, 0.5) is 5.69 Å². The highest BCUT2D eigenvalue weighted by molar-refractivity contribution is 6.36. The number of fused-ring (bicyclic) bond motifs is 1. The lowest BCUT2D eigenvalue weighted by Gasteiger charge is -2.36. The Balaban J connectivity index is 1.84. The molecule has 1 aromatic rings. The molecule has 3 rings (SSSR count). The molecule has 1 N–H and O–H groups in total. The van der Waals surface area contributed by atoms with Gasteiger partial charge in [0.25, 0.3) is 5.91 Å². The molecule has 2 heterocycles. The molecule has 0 aromatic heterocycles. The molecule has 110 valence electrons. The van der Waals surface area contributed by atoms with Crippen molar-refractivity contribution < 1.29 is 19.5 Å². The minimum atomic E-state index is -1.14.